The van der Waals surface area contributed by atoms with E-state index in [1.54, 1.807) is 35.4 Å². The van der Waals surface area contributed by atoms with Gasteiger partial charge < -0.3 is 4.90 Å². The maximum Gasteiger partial charge on any atom is 0.266 e. The Morgan fingerprint density at radius 2 is 1.86 bits per heavy atom. The van der Waals surface area contributed by atoms with E-state index < -0.39 is 0 Å². The summed E-state index contributed by atoms with van der Waals surface area (Å²) in [6.45, 7) is 4.08. The largest absolute Gasteiger partial charge is 0.355 e. The summed E-state index contributed by atoms with van der Waals surface area (Å²) in [6, 6.07) is 11.0. The van der Waals surface area contributed by atoms with E-state index in [1.165, 1.54) is 0 Å². The fraction of sp³-hybridized carbons (Fsp3) is 0.238. The van der Waals surface area contributed by atoms with Crippen LogP contribution in [0.1, 0.15) is 5.82 Å². The Bertz CT molecular complexity index is 1230. The predicted molar refractivity (Wildman–Crippen MR) is 110 cm³/mol. The molecule has 4 aromatic heterocycles. The summed E-state index contributed by atoms with van der Waals surface area (Å²) >= 11 is 0. The highest BCUT2D eigenvalue weighted by molar-refractivity contribution is 5.87. The van der Waals surface area contributed by atoms with Crippen molar-refractivity contribution < 1.29 is 0 Å². The van der Waals surface area contributed by atoms with Crippen LogP contribution in [0.25, 0.3) is 22.3 Å². The lowest BCUT2D eigenvalue weighted by Crippen LogP contribution is -2.50. The third-order valence-corrected chi connectivity index (χ3v) is 5.09. The molecule has 0 N–H and O–H groups in total. The molecule has 4 aromatic rings. The maximum atomic E-state index is 12.3. The second-order valence-electron chi connectivity index (χ2n) is 7.21. The van der Waals surface area contributed by atoms with Crippen molar-refractivity contribution in [1.82, 2.24) is 29.7 Å². The highest BCUT2D eigenvalue weighted by Gasteiger charge is 2.30. The smallest absolute Gasteiger partial charge is 0.266 e. The zero-order valence-electron chi connectivity index (χ0n) is 15.9. The minimum absolute atomic E-state index is 0.0891. The standard InChI is InChI=1S/C21H19N7O/c1-14-24-20-17(3-2-8-23-20)21(25-14)27-11-15(12-27)13-28-19(29)5-4-18(26-28)16-6-9-22-10-7-16/h2-10,15H,11-13H2,1H3. The van der Waals surface area contributed by atoms with Crippen molar-refractivity contribution in [3.8, 4) is 11.3 Å². The van der Waals surface area contributed by atoms with Crippen LogP contribution in [0.15, 0.2) is 59.8 Å². The first kappa shape index (κ1) is 17.4. The van der Waals surface area contributed by atoms with Gasteiger partial charge in [0.05, 0.1) is 17.6 Å². The van der Waals surface area contributed by atoms with E-state index in [4.69, 9.17) is 0 Å². The molecule has 0 aromatic carbocycles. The molecule has 0 saturated carbocycles. The van der Waals surface area contributed by atoms with Crippen molar-refractivity contribution in [1.29, 1.82) is 0 Å². The molecule has 1 aliphatic heterocycles. The molecule has 0 radical (unpaired) electrons. The summed E-state index contributed by atoms with van der Waals surface area (Å²) in [5, 5.41) is 5.50. The number of rotatable bonds is 4. The topological polar surface area (TPSA) is 89.7 Å². The van der Waals surface area contributed by atoms with Crippen LogP contribution in [0.2, 0.25) is 0 Å². The quantitative estimate of drug-likeness (QED) is 0.531. The van der Waals surface area contributed by atoms with Gasteiger partial charge in [-0.2, -0.15) is 5.10 Å². The Morgan fingerprint density at radius 1 is 1.03 bits per heavy atom. The molecular weight excluding hydrogens is 366 g/mol. The molecule has 0 aliphatic carbocycles. The zero-order valence-corrected chi connectivity index (χ0v) is 15.9. The highest BCUT2D eigenvalue weighted by atomic mass is 16.1. The number of nitrogens with zero attached hydrogens (tertiary/aromatic N) is 7. The monoisotopic (exact) mass is 385 g/mol. The average Bonchev–Trinajstić information content (AvgIpc) is 2.71. The van der Waals surface area contributed by atoms with Gasteiger partial charge in [-0.25, -0.2) is 19.6 Å². The lowest BCUT2D eigenvalue weighted by molar-refractivity contribution is 0.334. The number of fused-ring (bicyclic) bond motifs is 1. The lowest BCUT2D eigenvalue weighted by Gasteiger charge is -2.40. The fourth-order valence-corrected chi connectivity index (χ4v) is 3.65. The van der Waals surface area contributed by atoms with Gasteiger partial charge in [0, 0.05) is 49.2 Å². The van der Waals surface area contributed by atoms with E-state index in [-0.39, 0.29) is 5.56 Å². The van der Waals surface area contributed by atoms with E-state index in [0.717, 1.165) is 35.6 Å². The second kappa shape index (κ2) is 7.05. The number of anilines is 1. The number of hydrogen-bond donors (Lipinski definition) is 0. The van der Waals surface area contributed by atoms with Crippen LogP contribution in [0.3, 0.4) is 0 Å². The van der Waals surface area contributed by atoms with Gasteiger partial charge in [-0.1, -0.05) is 0 Å². The normalized spacial score (nSPS) is 14.2. The molecule has 8 heteroatoms. The first-order chi connectivity index (χ1) is 14.2. The first-order valence-electron chi connectivity index (χ1n) is 9.50. The van der Waals surface area contributed by atoms with Crippen LogP contribution in [0.4, 0.5) is 5.82 Å². The Hall–Kier alpha value is -3.68. The third-order valence-electron chi connectivity index (χ3n) is 5.09. The van der Waals surface area contributed by atoms with Crippen LogP contribution in [0.5, 0.6) is 0 Å². The molecule has 5 rings (SSSR count). The summed E-state index contributed by atoms with van der Waals surface area (Å²) < 4.78 is 1.56. The van der Waals surface area contributed by atoms with Gasteiger partial charge in [-0.3, -0.25) is 9.78 Å². The van der Waals surface area contributed by atoms with Crippen molar-refractivity contribution in [2.24, 2.45) is 5.92 Å². The van der Waals surface area contributed by atoms with E-state index in [0.29, 0.717) is 23.9 Å². The van der Waals surface area contributed by atoms with Gasteiger partial charge in [0.25, 0.3) is 5.56 Å². The van der Waals surface area contributed by atoms with Gasteiger partial charge in [0.15, 0.2) is 5.65 Å². The van der Waals surface area contributed by atoms with E-state index in [2.05, 4.69) is 29.9 Å². The lowest BCUT2D eigenvalue weighted by atomic mass is 10.00. The van der Waals surface area contributed by atoms with E-state index >= 15 is 0 Å². The summed E-state index contributed by atoms with van der Waals surface area (Å²) in [5.74, 6) is 1.94. The summed E-state index contributed by atoms with van der Waals surface area (Å²) in [4.78, 5) is 31.9. The molecular formula is C21H19N7O. The molecule has 5 heterocycles. The van der Waals surface area contributed by atoms with Crippen molar-refractivity contribution in [2.45, 2.75) is 13.5 Å². The summed E-state index contributed by atoms with van der Waals surface area (Å²) in [5.41, 5.74) is 2.33. The van der Waals surface area contributed by atoms with Crippen molar-refractivity contribution in [3.05, 3.63) is 71.2 Å². The Morgan fingerprint density at radius 3 is 2.69 bits per heavy atom. The van der Waals surface area contributed by atoms with Crippen LogP contribution < -0.4 is 10.5 Å². The molecule has 8 nitrogen and oxygen atoms in total. The van der Waals surface area contributed by atoms with Gasteiger partial charge >= 0.3 is 0 Å². The van der Waals surface area contributed by atoms with E-state index in [9.17, 15) is 4.79 Å². The molecule has 144 valence electrons. The Kier molecular flexibility index (Phi) is 4.23. The zero-order chi connectivity index (χ0) is 19.8. The number of aromatic nitrogens is 6. The van der Waals surface area contributed by atoms with E-state index in [1.807, 2.05) is 31.2 Å². The molecule has 0 bridgehead atoms. The fourth-order valence-electron chi connectivity index (χ4n) is 3.65. The number of aryl methyl sites for hydroxylation is 1. The number of hydrogen-bond acceptors (Lipinski definition) is 7. The maximum absolute atomic E-state index is 12.3. The van der Waals surface area contributed by atoms with Gasteiger partial charge in [0.1, 0.15) is 11.6 Å². The van der Waals surface area contributed by atoms with Crippen molar-refractivity contribution in [3.63, 3.8) is 0 Å². The predicted octanol–water partition coefficient (Wildman–Crippen LogP) is 2.09. The van der Waals surface area contributed by atoms with Crippen LogP contribution in [0, 0.1) is 12.8 Å². The molecule has 1 fully saturated rings. The van der Waals surface area contributed by atoms with Crippen LogP contribution >= 0.6 is 0 Å². The first-order valence-corrected chi connectivity index (χ1v) is 9.50. The molecule has 1 saturated heterocycles. The minimum atomic E-state index is -0.0891. The highest BCUT2D eigenvalue weighted by Crippen LogP contribution is 2.29. The SMILES string of the molecule is Cc1nc(N2CC(Cn3nc(-c4ccncc4)ccc3=O)C2)c2cccnc2n1. The molecule has 0 unspecified atom stereocenters. The third kappa shape index (κ3) is 3.33. The average molecular weight is 385 g/mol. The van der Waals surface area contributed by atoms with Crippen LogP contribution in [-0.4, -0.2) is 42.8 Å². The number of pyridine rings is 2. The Labute approximate surface area is 166 Å². The molecule has 0 spiro atoms. The molecule has 29 heavy (non-hydrogen) atoms. The molecule has 1 aliphatic rings. The minimum Gasteiger partial charge on any atom is -0.355 e. The Balaban J connectivity index is 1.35. The van der Waals surface area contributed by atoms with Gasteiger partial charge in [0.2, 0.25) is 0 Å². The van der Waals surface area contributed by atoms with Crippen molar-refractivity contribution in [2.75, 3.05) is 18.0 Å². The van der Waals surface area contributed by atoms with Gasteiger partial charge in [-0.15, -0.1) is 0 Å². The van der Waals surface area contributed by atoms with Crippen molar-refractivity contribution >= 4 is 16.9 Å². The summed E-state index contributed by atoms with van der Waals surface area (Å²) in [6.07, 6.45) is 5.18. The molecule has 0 amide bonds. The summed E-state index contributed by atoms with van der Waals surface area (Å²) in [7, 11) is 0. The van der Waals surface area contributed by atoms with Gasteiger partial charge in [-0.05, 0) is 37.3 Å². The second-order valence-corrected chi connectivity index (χ2v) is 7.21. The van der Waals surface area contributed by atoms with Crippen LogP contribution in [-0.2, 0) is 6.54 Å². The molecule has 0 atom stereocenters.